The summed E-state index contributed by atoms with van der Waals surface area (Å²) in [7, 11) is 0. The van der Waals surface area contributed by atoms with E-state index in [1.807, 2.05) is 30.6 Å². The van der Waals surface area contributed by atoms with Gasteiger partial charge in [0.15, 0.2) is 11.6 Å². The van der Waals surface area contributed by atoms with Crippen molar-refractivity contribution in [3.05, 3.63) is 48.3 Å². The lowest BCUT2D eigenvalue weighted by Crippen LogP contribution is -2.04. The van der Waals surface area contributed by atoms with Crippen molar-refractivity contribution in [1.29, 1.82) is 0 Å². The highest BCUT2D eigenvalue weighted by atomic mass is 79.9. The summed E-state index contributed by atoms with van der Waals surface area (Å²) < 4.78 is 3.44. The minimum Gasteiger partial charge on any atom is -0.222 e. The zero-order valence-electron chi connectivity index (χ0n) is 10.3. The van der Waals surface area contributed by atoms with E-state index < -0.39 is 0 Å². The molecule has 102 valence electrons. The van der Waals surface area contributed by atoms with Crippen molar-refractivity contribution in [2.45, 2.75) is 10.7 Å². The van der Waals surface area contributed by atoms with Crippen LogP contribution in [0.1, 0.15) is 11.4 Å². The summed E-state index contributed by atoms with van der Waals surface area (Å²) in [5, 5.41) is 10.2. The molecule has 3 heterocycles. The van der Waals surface area contributed by atoms with Gasteiger partial charge in [-0.1, -0.05) is 31.9 Å². The van der Waals surface area contributed by atoms with E-state index in [4.69, 9.17) is 0 Å². The molecule has 0 fully saturated rings. The molecular weight excluding hydrogens is 388 g/mol. The van der Waals surface area contributed by atoms with Crippen LogP contribution in [-0.4, -0.2) is 29.5 Å². The van der Waals surface area contributed by atoms with Crippen LogP contribution in [0.3, 0.4) is 0 Å². The maximum absolute atomic E-state index is 4.40. The third-order valence-corrected chi connectivity index (χ3v) is 3.82. The van der Waals surface area contributed by atoms with Gasteiger partial charge in [0, 0.05) is 29.1 Å². The van der Waals surface area contributed by atoms with Crippen LogP contribution < -0.4 is 0 Å². The van der Waals surface area contributed by atoms with E-state index in [0.29, 0.717) is 22.3 Å². The fourth-order valence-electron chi connectivity index (χ4n) is 1.71. The Morgan fingerprint density at radius 3 is 1.75 bits per heavy atom. The molecule has 8 heteroatoms. The lowest BCUT2D eigenvalue weighted by Gasteiger charge is -2.03. The smallest absolute Gasteiger partial charge is 0.158 e. The molecule has 20 heavy (non-hydrogen) atoms. The number of hydrogen-bond acceptors (Lipinski definition) is 4. The lowest BCUT2D eigenvalue weighted by atomic mass is 10.5. The monoisotopic (exact) mass is 396 g/mol. The quantitative estimate of drug-likeness (QED) is 0.635. The van der Waals surface area contributed by atoms with Crippen molar-refractivity contribution >= 4 is 31.9 Å². The topological polar surface area (TPSA) is 61.4 Å². The van der Waals surface area contributed by atoms with Crippen LogP contribution >= 0.6 is 31.9 Å². The summed E-state index contributed by atoms with van der Waals surface area (Å²) in [6, 6.07) is 5.72. The summed E-state index contributed by atoms with van der Waals surface area (Å²) in [6.45, 7) is 0. The molecule has 0 amide bonds. The number of halogens is 2. The van der Waals surface area contributed by atoms with Crippen molar-refractivity contribution in [1.82, 2.24) is 29.5 Å². The molecule has 0 saturated carbocycles. The van der Waals surface area contributed by atoms with Crippen molar-refractivity contribution in [2.75, 3.05) is 0 Å². The van der Waals surface area contributed by atoms with Gasteiger partial charge in [-0.05, 0) is 12.1 Å². The Bertz CT molecular complexity index is 663. The zero-order valence-corrected chi connectivity index (χ0v) is 13.5. The first-order valence-corrected chi connectivity index (χ1v) is 8.08. The molecule has 0 bridgehead atoms. The minimum absolute atomic E-state index is 0.707. The van der Waals surface area contributed by atoms with E-state index in [-0.39, 0.29) is 0 Å². The number of hydrogen-bond donors (Lipinski definition) is 0. The van der Waals surface area contributed by atoms with Gasteiger partial charge >= 0.3 is 0 Å². The number of alkyl halides is 2. The molecule has 0 unspecified atom stereocenters. The fraction of sp³-hybridized carbons (Fsp3) is 0.167. The first-order chi connectivity index (χ1) is 9.80. The first-order valence-electron chi connectivity index (χ1n) is 5.84. The fourth-order valence-corrected chi connectivity index (χ4v) is 2.31. The normalized spacial score (nSPS) is 10.9. The van der Waals surface area contributed by atoms with Gasteiger partial charge in [0.25, 0.3) is 0 Å². The van der Waals surface area contributed by atoms with Gasteiger partial charge in [-0.2, -0.15) is 10.2 Å². The number of aromatic nitrogens is 6. The molecule has 3 aromatic heterocycles. The summed E-state index contributed by atoms with van der Waals surface area (Å²) in [6.07, 6.45) is 5.25. The van der Waals surface area contributed by atoms with Gasteiger partial charge in [-0.25, -0.2) is 19.3 Å². The molecule has 3 aromatic rings. The van der Waals surface area contributed by atoms with Gasteiger partial charge < -0.3 is 0 Å². The van der Waals surface area contributed by atoms with Crippen molar-refractivity contribution < 1.29 is 0 Å². The first kappa shape index (κ1) is 13.4. The van der Waals surface area contributed by atoms with E-state index in [1.165, 1.54) is 6.33 Å². The number of nitrogens with zero attached hydrogens (tertiary/aromatic N) is 6. The van der Waals surface area contributed by atoms with Crippen LogP contribution in [-0.2, 0) is 10.7 Å². The molecule has 0 spiro atoms. The Morgan fingerprint density at radius 2 is 1.35 bits per heavy atom. The maximum atomic E-state index is 4.40. The highest BCUT2D eigenvalue weighted by Crippen LogP contribution is 2.11. The average Bonchev–Trinajstić information content (AvgIpc) is 3.16. The van der Waals surface area contributed by atoms with Crippen molar-refractivity contribution in [3.8, 4) is 11.6 Å². The zero-order chi connectivity index (χ0) is 13.9. The van der Waals surface area contributed by atoms with E-state index >= 15 is 0 Å². The predicted octanol–water partition coefficient (Wildman–Crippen LogP) is 2.64. The standard InChI is InChI=1S/C12H10Br2N6/c13-6-9-1-3-19(17-9)11-5-12(16-8-15-11)20-4-2-10(7-14)18-20/h1-5,8H,6-7H2. The Morgan fingerprint density at radius 1 is 0.850 bits per heavy atom. The van der Waals surface area contributed by atoms with Crippen molar-refractivity contribution in [3.63, 3.8) is 0 Å². The van der Waals surface area contributed by atoms with E-state index in [0.717, 1.165) is 11.4 Å². The summed E-state index contributed by atoms with van der Waals surface area (Å²) >= 11 is 6.76. The SMILES string of the molecule is BrCc1ccn(-c2cc(-n3ccc(CBr)n3)ncn2)n1. The molecule has 0 N–H and O–H groups in total. The molecule has 0 aliphatic rings. The second-order valence-corrected chi connectivity index (χ2v) is 5.13. The van der Waals surface area contributed by atoms with Crippen LogP contribution in [0, 0.1) is 0 Å². The van der Waals surface area contributed by atoms with Gasteiger partial charge in [-0.15, -0.1) is 0 Å². The molecule has 0 aliphatic carbocycles. The van der Waals surface area contributed by atoms with E-state index in [9.17, 15) is 0 Å². The summed E-state index contributed by atoms with van der Waals surface area (Å²) in [4.78, 5) is 8.47. The second-order valence-electron chi connectivity index (χ2n) is 4.00. The van der Waals surface area contributed by atoms with Gasteiger partial charge in [-0.3, -0.25) is 0 Å². The Labute approximate surface area is 132 Å². The van der Waals surface area contributed by atoms with Crippen LogP contribution in [0.25, 0.3) is 11.6 Å². The molecule has 0 saturated heterocycles. The molecule has 0 atom stereocenters. The Kier molecular flexibility index (Phi) is 3.93. The molecule has 0 radical (unpaired) electrons. The van der Waals surface area contributed by atoms with E-state index in [2.05, 4.69) is 52.0 Å². The second kappa shape index (κ2) is 5.84. The third-order valence-electron chi connectivity index (χ3n) is 2.67. The predicted molar refractivity (Wildman–Crippen MR) is 81.5 cm³/mol. The summed E-state index contributed by atoms with van der Waals surface area (Å²) in [5.41, 5.74) is 1.90. The largest absolute Gasteiger partial charge is 0.222 e. The highest BCUT2D eigenvalue weighted by molar-refractivity contribution is 9.08. The van der Waals surface area contributed by atoms with Crippen molar-refractivity contribution in [2.24, 2.45) is 0 Å². The lowest BCUT2D eigenvalue weighted by molar-refractivity contribution is 0.791. The van der Waals surface area contributed by atoms with Crippen LogP contribution in [0.5, 0.6) is 0 Å². The molecule has 0 aromatic carbocycles. The minimum atomic E-state index is 0.707. The van der Waals surface area contributed by atoms with Crippen LogP contribution in [0.2, 0.25) is 0 Å². The van der Waals surface area contributed by atoms with Crippen LogP contribution in [0.4, 0.5) is 0 Å². The van der Waals surface area contributed by atoms with Gasteiger partial charge in [0.05, 0.1) is 11.4 Å². The van der Waals surface area contributed by atoms with Gasteiger partial charge in [0.1, 0.15) is 6.33 Å². The molecule has 6 nitrogen and oxygen atoms in total. The average molecular weight is 398 g/mol. The third kappa shape index (κ3) is 2.66. The maximum Gasteiger partial charge on any atom is 0.158 e. The number of rotatable bonds is 4. The van der Waals surface area contributed by atoms with Gasteiger partial charge in [0.2, 0.25) is 0 Å². The molecule has 0 aliphatic heterocycles. The Balaban J connectivity index is 1.96. The van der Waals surface area contributed by atoms with Crippen LogP contribution in [0.15, 0.2) is 36.9 Å². The Hall–Kier alpha value is -1.54. The molecule has 3 rings (SSSR count). The van der Waals surface area contributed by atoms with E-state index in [1.54, 1.807) is 9.36 Å². The highest BCUT2D eigenvalue weighted by Gasteiger charge is 2.06. The summed E-state index contributed by atoms with van der Waals surface area (Å²) in [5.74, 6) is 1.41. The molecular formula is C12H10Br2N6.